The lowest BCUT2D eigenvalue weighted by molar-refractivity contribution is 0.117. The van der Waals surface area contributed by atoms with Crippen LogP contribution >= 0.6 is 0 Å². The highest BCUT2D eigenvalue weighted by Gasteiger charge is 2.27. The summed E-state index contributed by atoms with van der Waals surface area (Å²) in [6, 6.07) is 4.19. The first-order valence-corrected chi connectivity index (χ1v) is 6.08. The average Bonchev–Trinajstić information content (AvgIpc) is 3.08. The Kier molecular flexibility index (Phi) is 3.08. The number of aromatic amines is 1. The van der Waals surface area contributed by atoms with Gasteiger partial charge in [0.1, 0.15) is 5.82 Å². The Balaban J connectivity index is 1.78. The number of methoxy groups -OCH3 is 1. The Morgan fingerprint density at radius 1 is 1.39 bits per heavy atom. The molecule has 0 bridgehead atoms. The van der Waals surface area contributed by atoms with E-state index < -0.39 is 0 Å². The summed E-state index contributed by atoms with van der Waals surface area (Å²) in [4.78, 5) is 11.9. The number of hydrogen-bond donors (Lipinski definition) is 2. The lowest BCUT2D eigenvalue weighted by Gasteiger charge is -2.06. The van der Waals surface area contributed by atoms with Crippen molar-refractivity contribution in [2.24, 2.45) is 0 Å². The summed E-state index contributed by atoms with van der Waals surface area (Å²) in [5, 5.41) is 3.40. The molecular formula is C13H16N4O. The zero-order chi connectivity index (χ0) is 12.4. The van der Waals surface area contributed by atoms with Crippen molar-refractivity contribution in [1.82, 2.24) is 20.3 Å². The van der Waals surface area contributed by atoms with Crippen LogP contribution < -0.4 is 5.32 Å². The first kappa shape index (κ1) is 11.4. The van der Waals surface area contributed by atoms with Gasteiger partial charge in [0.25, 0.3) is 0 Å². The first-order valence-electron chi connectivity index (χ1n) is 6.08. The molecule has 0 radical (unpaired) electrons. The van der Waals surface area contributed by atoms with E-state index in [-0.39, 0.29) is 12.1 Å². The fourth-order valence-corrected chi connectivity index (χ4v) is 2.27. The minimum absolute atomic E-state index is 0.250. The van der Waals surface area contributed by atoms with Crippen LogP contribution in [-0.4, -0.2) is 34.7 Å². The molecule has 3 heterocycles. The van der Waals surface area contributed by atoms with Crippen molar-refractivity contribution < 1.29 is 4.74 Å². The Bertz CT molecular complexity index is 511. The van der Waals surface area contributed by atoms with Crippen LogP contribution in [0.3, 0.4) is 0 Å². The number of hydrogen-bond acceptors (Lipinski definition) is 4. The van der Waals surface area contributed by atoms with Crippen molar-refractivity contribution in [2.75, 3.05) is 13.7 Å². The molecule has 2 aromatic heterocycles. The summed E-state index contributed by atoms with van der Waals surface area (Å²) in [5.74, 6) is 0.966. The minimum Gasteiger partial charge on any atom is -0.380 e. The van der Waals surface area contributed by atoms with E-state index in [1.54, 1.807) is 13.3 Å². The van der Waals surface area contributed by atoms with Crippen LogP contribution in [0.25, 0.3) is 11.3 Å². The highest BCUT2D eigenvalue weighted by Crippen LogP contribution is 2.24. The minimum atomic E-state index is 0.250. The topological polar surface area (TPSA) is 62.8 Å². The van der Waals surface area contributed by atoms with Gasteiger partial charge in [-0.3, -0.25) is 4.98 Å². The molecule has 0 aromatic carbocycles. The summed E-state index contributed by atoms with van der Waals surface area (Å²) < 4.78 is 5.34. The third-order valence-electron chi connectivity index (χ3n) is 3.32. The standard InChI is InChI=1S/C13H16N4O/c1-18-10-5-11(15-7-10)13-16-8-12(17-13)9-3-2-4-14-6-9/h2-4,6,8,10-11,15H,5,7H2,1H3,(H,16,17)/t10-,11+/m0/s1. The summed E-state index contributed by atoms with van der Waals surface area (Å²) in [6.45, 7) is 0.879. The molecule has 3 rings (SSSR count). The number of imidazole rings is 1. The summed E-state index contributed by atoms with van der Waals surface area (Å²) in [5.41, 5.74) is 2.05. The van der Waals surface area contributed by atoms with Gasteiger partial charge in [0.05, 0.1) is 24.0 Å². The van der Waals surface area contributed by atoms with Gasteiger partial charge in [-0.15, -0.1) is 0 Å². The number of pyridine rings is 1. The molecule has 1 fully saturated rings. The number of nitrogens with one attached hydrogen (secondary N) is 2. The van der Waals surface area contributed by atoms with Crippen LogP contribution in [0.5, 0.6) is 0 Å². The van der Waals surface area contributed by atoms with E-state index in [1.165, 1.54) is 0 Å². The second kappa shape index (κ2) is 4.88. The van der Waals surface area contributed by atoms with Gasteiger partial charge in [-0.2, -0.15) is 0 Å². The van der Waals surface area contributed by atoms with E-state index in [9.17, 15) is 0 Å². The number of aromatic nitrogens is 3. The van der Waals surface area contributed by atoms with Crippen molar-refractivity contribution in [1.29, 1.82) is 0 Å². The number of rotatable bonds is 3. The molecule has 0 aliphatic carbocycles. The predicted molar refractivity (Wildman–Crippen MR) is 68.0 cm³/mol. The van der Waals surface area contributed by atoms with E-state index in [0.717, 1.165) is 30.0 Å². The Morgan fingerprint density at radius 3 is 3.06 bits per heavy atom. The highest BCUT2D eigenvalue weighted by atomic mass is 16.5. The summed E-state index contributed by atoms with van der Waals surface area (Å²) in [6.07, 6.45) is 6.69. The lowest BCUT2D eigenvalue weighted by atomic mass is 10.2. The molecule has 0 spiro atoms. The zero-order valence-corrected chi connectivity index (χ0v) is 10.3. The number of ether oxygens (including phenoxy) is 1. The maximum absolute atomic E-state index is 5.34. The van der Waals surface area contributed by atoms with Gasteiger partial charge in [0.2, 0.25) is 0 Å². The lowest BCUT2D eigenvalue weighted by Crippen LogP contribution is -2.16. The molecule has 5 heteroatoms. The van der Waals surface area contributed by atoms with E-state index in [4.69, 9.17) is 4.74 Å². The van der Waals surface area contributed by atoms with Gasteiger partial charge < -0.3 is 15.0 Å². The Morgan fingerprint density at radius 2 is 2.33 bits per heavy atom. The van der Waals surface area contributed by atoms with Crippen molar-refractivity contribution in [3.05, 3.63) is 36.5 Å². The van der Waals surface area contributed by atoms with Crippen LogP contribution in [0, 0.1) is 0 Å². The van der Waals surface area contributed by atoms with E-state index in [0.29, 0.717) is 0 Å². The summed E-state index contributed by atoms with van der Waals surface area (Å²) >= 11 is 0. The smallest absolute Gasteiger partial charge is 0.123 e. The maximum atomic E-state index is 5.34. The maximum Gasteiger partial charge on any atom is 0.123 e. The van der Waals surface area contributed by atoms with Crippen LogP contribution in [-0.2, 0) is 4.74 Å². The van der Waals surface area contributed by atoms with Gasteiger partial charge in [0, 0.05) is 31.6 Å². The molecule has 2 aromatic rings. The second-order valence-corrected chi connectivity index (χ2v) is 4.48. The quantitative estimate of drug-likeness (QED) is 0.859. The molecule has 1 aliphatic rings. The Labute approximate surface area is 106 Å². The molecule has 0 amide bonds. The third-order valence-corrected chi connectivity index (χ3v) is 3.32. The molecule has 1 saturated heterocycles. The van der Waals surface area contributed by atoms with E-state index >= 15 is 0 Å². The van der Waals surface area contributed by atoms with Crippen molar-refractivity contribution >= 4 is 0 Å². The SMILES string of the molecule is CO[C@@H]1CN[C@@H](c2ncc(-c3cccnc3)[nH]2)C1. The third kappa shape index (κ3) is 2.14. The van der Waals surface area contributed by atoms with Gasteiger partial charge >= 0.3 is 0 Å². The molecule has 0 unspecified atom stereocenters. The van der Waals surface area contributed by atoms with Crippen molar-refractivity contribution in [2.45, 2.75) is 18.6 Å². The highest BCUT2D eigenvalue weighted by molar-refractivity contribution is 5.56. The van der Waals surface area contributed by atoms with Crippen LogP contribution in [0.1, 0.15) is 18.3 Å². The number of H-pyrrole nitrogens is 1. The zero-order valence-electron chi connectivity index (χ0n) is 10.3. The molecule has 2 atom stereocenters. The van der Waals surface area contributed by atoms with Crippen molar-refractivity contribution in [3.63, 3.8) is 0 Å². The molecule has 0 saturated carbocycles. The fourth-order valence-electron chi connectivity index (χ4n) is 2.27. The molecule has 94 valence electrons. The van der Waals surface area contributed by atoms with Crippen LogP contribution in [0.4, 0.5) is 0 Å². The normalized spacial score (nSPS) is 23.4. The fraction of sp³-hybridized carbons (Fsp3) is 0.385. The van der Waals surface area contributed by atoms with Gasteiger partial charge in [0.15, 0.2) is 0 Å². The second-order valence-electron chi connectivity index (χ2n) is 4.48. The molecule has 1 aliphatic heterocycles. The van der Waals surface area contributed by atoms with Crippen LogP contribution in [0.2, 0.25) is 0 Å². The number of nitrogens with zero attached hydrogens (tertiary/aromatic N) is 2. The van der Waals surface area contributed by atoms with E-state index in [1.807, 2.05) is 24.5 Å². The van der Waals surface area contributed by atoms with E-state index in [2.05, 4.69) is 20.3 Å². The first-order chi connectivity index (χ1) is 8.86. The van der Waals surface area contributed by atoms with Crippen molar-refractivity contribution in [3.8, 4) is 11.3 Å². The molecule has 2 N–H and O–H groups in total. The Hall–Kier alpha value is -1.72. The largest absolute Gasteiger partial charge is 0.380 e. The molecule has 18 heavy (non-hydrogen) atoms. The molecular weight excluding hydrogens is 228 g/mol. The van der Waals surface area contributed by atoms with Crippen LogP contribution in [0.15, 0.2) is 30.7 Å². The van der Waals surface area contributed by atoms with Gasteiger partial charge in [-0.25, -0.2) is 4.98 Å². The monoisotopic (exact) mass is 244 g/mol. The average molecular weight is 244 g/mol. The molecule has 5 nitrogen and oxygen atoms in total. The van der Waals surface area contributed by atoms with Gasteiger partial charge in [-0.05, 0) is 18.6 Å². The van der Waals surface area contributed by atoms with Gasteiger partial charge in [-0.1, -0.05) is 0 Å². The predicted octanol–water partition coefficient (Wildman–Crippen LogP) is 1.52. The summed E-state index contributed by atoms with van der Waals surface area (Å²) in [7, 11) is 1.75.